The highest BCUT2D eigenvalue weighted by Crippen LogP contribution is 2.32. The third kappa shape index (κ3) is 4.03. The van der Waals surface area contributed by atoms with Gasteiger partial charge in [0, 0.05) is 16.7 Å². The first kappa shape index (κ1) is 16.4. The Balaban J connectivity index is 2.13. The monoisotopic (exact) mass is 376 g/mol. The summed E-state index contributed by atoms with van der Waals surface area (Å²) < 4.78 is 27.4. The van der Waals surface area contributed by atoms with Crippen molar-refractivity contribution in [1.82, 2.24) is 4.72 Å². The third-order valence-electron chi connectivity index (χ3n) is 3.16. The fraction of sp³-hybridized carbons (Fsp3) is 0.462. The minimum atomic E-state index is -3.65. The molecule has 3 N–H and O–H groups in total. The Hall–Kier alpha value is -0.960. The molecule has 1 aromatic rings. The molecule has 0 fully saturated rings. The number of rotatable bonds is 6. The van der Waals surface area contributed by atoms with Crippen molar-refractivity contribution in [2.45, 2.75) is 37.2 Å². The van der Waals surface area contributed by atoms with Crippen LogP contribution in [0.5, 0.6) is 0 Å². The summed E-state index contributed by atoms with van der Waals surface area (Å²) in [5, 5.41) is 11.8. The van der Waals surface area contributed by atoms with Crippen molar-refractivity contribution in [3.8, 4) is 0 Å². The first-order valence-corrected chi connectivity index (χ1v) is 8.87. The van der Waals surface area contributed by atoms with Gasteiger partial charge in [-0.3, -0.25) is 4.79 Å². The Kier molecular flexibility index (Phi) is 5.03. The smallest absolute Gasteiger partial charge is 0.241 e. The van der Waals surface area contributed by atoms with E-state index in [4.69, 9.17) is 5.11 Å². The highest BCUT2D eigenvalue weighted by atomic mass is 79.9. The Morgan fingerprint density at radius 2 is 2.19 bits per heavy atom. The molecule has 1 aromatic carbocycles. The summed E-state index contributed by atoms with van der Waals surface area (Å²) in [6, 6.07) is 3.11. The highest BCUT2D eigenvalue weighted by molar-refractivity contribution is 9.10. The number of fused-ring (bicyclic) bond motifs is 1. The van der Waals surface area contributed by atoms with E-state index in [2.05, 4.69) is 26.0 Å². The molecule has 1 aliphatic rings. The topological polar surface area (TPSA) is 95.5 Å². The number of halogens is 1. The van der Waals surface area contributed by atoms with E-state index in [0.717, 1.165) is 0 Å². The molecule has 1 unspecified atom stereocenters. The molecule has 21 heavy (non-hydrogen) atoms. The number of amides is 1. The van der Waals surface area contributed by atoms with Crippen molar-refractivity contribution in [3.05, 3.63) is 22.2 Å². The van der Waals surface area contributed by atoms with Gasteiger partial charge < -0.3 is 10.4 Å². The Labute approximate surface area is 132 Å². The Bertz CT molecular complexity index is 658. The fourth-order valence-corrected chi connectivity index (χ4v) is 4.28. The van der Waals surface area contributed by atoms with Gasteiger partial charge in [-0.15, -0.1) is 0 Å². The molecule has 0 spiro atoms. The van der Waals surface area contributed by atoms with E-state index in [1.807, 2.05) is 0 Å². The number of nitrogens with one attached hydrogen (secondary N) is 2. The second-order valence-electron chi connectivity index (χ2n) is 5.05. The van der Waals surface area contributed by atoms with E-state index in [1.165, 1.54) is 6.07 Å². The van der Waals surface area contributed by atoms with Gasteiger partial charge in [0.1, 0.15) is 0 Å². The van der Waals surface area contributed by atoms with Crippen molar-refractivity contribution < 1.29 is 18.3 Å². The zero-order valence-electron chi connectivity index (χ0n) is 11.5. The zero-order valence-corrected chi connectivity index (χ0v) is 13.9. The van der Waals surface area contributed by atoms with E-state index in [9.17, 15) is 13.2 Å². The second-order valence-corrected chi connectivity index (χ2v) is 7.64. The lowest BCUT2D eigenvalue weighted by Gasteiger charge is -2.11. The first-order valence-electron chi connectivity index (χ1n) is 6.59. The van der Waals surface area contributed by atoms with Gasteiger partial charge in [-0.05, 0) is 53.4 Å². The van der Waals surface area contributed by atoms with Crippen LogP contribution in [-0.4, -0.2) is 32.1 Å². The molecule has 0 aromatic heterocycles. The van der Waals surface area contributed by atoms with Crippen molar-refractivity contribution in [1.29, 1.82) is 0 Å². The fourth-order valence-electron chi connectivity index (χ4n) is 2.11. The lowest BCUT2D eigenvalue weighted by atomic mass is 10.2. The van der Waals surface area contributed by atoms with Gasteiger partial charge in [-0.1, -0.05) is 0 Å². The summed E-state index contributed by atoms with van der Waals surface area (Å²) in [5.74, 6) is -0.142. The van der Waals surface area contributed by atoms with E-state index in [0.29, 0.717) is 28.6 Å². The third-order valence-corrected chi connectivity index (χ3v) is 5.58. The summed E-state index contributed by atoms with van der Waals surface area (Å²) >= 11 is 3.23. The first-order chi connectivity index (χ1) is 9.79. The molecule has 1 amide bonds. The Morgan fingerprint density at radius 1 is 1.48 bits per heavy atom. The van der Waals surface area contributed by atoms with E-state index < -0.39 is 16.1 Å². The molecule has 1 atom stereocenters. The minimum absolute atomic E-state index is 0.120. The van der Waals surface area contributed by atoms with Crippen LogP contribution < -0.4 is 10.0 Å². The number of hydrogen-bond donors (Lipinski definition) is 3. The molecule has 1 aliphatic heterocycles. The maximum absolute atomic E-state index is 12.3. The number of anilines is 1. The number of carbonyl (C=O) groups excluding carboxylic acids is 1. The molecule has 0 aliphatic carbocycles. The van der Waals surface area contributed by atoms with Crippen LogP contribution in [0.2, 0.25) is 0 Å². The Morgan fingerprint density at radius 3 is 2.86 bits per heavy atom. The lowest BCUT2D eigenvalue weighted by Crippen LogP contribution is -2.25. The molecular formula is C13H17BrN2O4S. The van der Waals surface area contributed by atoms with Crippen molar-refractivity contribution >= 4 is 37.5 Å². The van der Waals surface area contributed by atoms with E-state index >= 15 is 0 Å². The number of aliphatic hydroxyl groups excluding tert-OH is 1. The van der Waals surface area contributed by atoms with Gasteiger partial charge in [0.25, 0.3) is 0 Å². The molecule has 0 saturated heterocycles. The summed E-state index contributed by atoms with van der Waals surface area (Å²) in [5.41, 5.74) is 1.31. The average Bonchev–Trinajstić information content (AvgIpc) is 2.72. The average molecular weight is 377 g/mol. The molecule has 116 valence electrons. The molecule has 0 bridgehead atoms. The summed E-state index contributed by atoms with van der Waals surface area (Å²) in [4.78, 5) is 11.5. The predicted molar refractivity (Wildman–Crippen MR) is 82.6 cm³/mol. The van der Waals surface area contributed by atoms with Crippen LogP contribution in [0.25, 0.3) is 0 Å². The number of hydrogen-bond acceptors (Lipinski definition) is 4. The van der Waals surface area contributed by atoms with Crippen LogP contribution in [0.1, 0.15) is 25.3 Å². The van der Waals surface area contributed by atoms with Crippen LogP contribution in [0.15, 0.2) is 21.5 Å². The lowest BCUT2D eigenvalue weighted by molar-refractivity contribution is -0.115. The molecular weight excluding hydrogens is 360 g/mol. The molecule has 2 rings (SSSR count). The number of carbonyl (C=O) groups is 1. The minimum Gasteiger partial charge on any atom is -0.393 e. The summed E-state index contributed by atoms with van der Waals surface area (Å²) in [6.45, 7) is 1.92. The molecule has 1 heterocycles. The van der Waals surface area contributed by atoms with Gasteiger partial charge in [0.15, 0.2) is 0 Å². The van der Waals surface area contributed by atoms with Gasteiger partial charge in [0.05, 0.1) is 17.4 Å². The SMILES string of the molecule is CC(O)CCCNS(=O)(=O)c1cc2c(cc1Br)NC(=O)C2. The second kappa shape index (κ2) is 6.43. The van der Waals surface area contributed by atoms with Crippen LogP contribution in [0, 0.1) is 0 Å². The van der Waals surface area contributed by atoms with E-state index in [-0.39, 0.29) is 23.8 Å². The van der Waals surface area contributed by atoms with Crippen molar-refractivity contribution in [2.24, 2.45) is 0 Å². The maximum atomic E-state index is 12.3. The normalized spacial score (nSPS) is 15.7. The predicted octanol–water partition coefficient (Wildman–Crippen LogP) is 1.38. The number of aliphatic hydroxyl groups is 1. The van der Waals surface area contributed by atoms with E-state index in [1.54, 1.807) is 13.0 Å². The molecule has 8 heteroatoms. The number of sulfonamides is 1. The maximum Gasteiger partial charge on any atom is 0.241 e. The largest absolute Gasteiger partial charge is 0.393 e. The van der Waals surface area contributed by atoms with Crippen LogP contribution in [0.3, 0.4) is 0 Å². The van der Waals surface area contributed by atoms with Gasteiger partial charge in [-0.25, -0.2) is 13.1 Å². The van der Waals surface area contributed by atoms with Gasteiger partial charge >= 0.3 is 0 Å². The summed E-state index contributed by atoms with van der Waals surface area (Å²) in [6.07, 6.45) is 0.831. The van der Waals surface area contributed by atoms with Crippen molar-refractivity contribution in [3.63, 3.8) is 0 Å². The van der Waals surface area contributed by atoms with Crippen LogP contribution in [-0.2, 0) is 21.2 Å². The highest BCUT2D eigenvalue weighted by Gasteiger charge is 2.24. The molecule has 0 saturated carbocycles. The van der Waals surface area contributed by atoms with Crippen molar-refractivity contribution in [2.75, 3.05) is 11.9 Å². The zero-order chi connectivity index (χ0) is 15.6. The summed E-state index contributed by atoms with van der Waals surface area (Å²) in [7, 11) is -3.65. The van der Waals surface area contributed by atoms with Gasteiger partial charge in [0.2, 0.25) is 15.9 Å². The quantitative estimate of drug-likeness (QED) is 0.653. The van der Waals surface area contributed by atoms with Crippen LogP contribution >= 0.6 is 15.9 Å². The standard InChI is InChI=1S/C13H17BrN2O4S/c1-8(17)3-2-4-15-21(19,20)12-5-9-6-13(18)16-11(9)7-10(12)14/h5,7-8,15,17H,2-4,6H2,1H3,(H,16,18). The molecule has 0 radical (unpaired) electrons. The molecule has 6 nitrogen and oxygen atoms in total. The van der Waals surface area contributed by atoms with Gasteiger partial charge in [-0.2, -0.15) is 0 Å². The van der Waals surface area contributed by atoms with Crippen LogP contribution in [0.4, 0.5) is 5.69 Å². The number of benzene rings is 1.